The number of fused-ring (bicyclic) bond motifs is 1. The summed E-state index contributed by atoms with van der Waals surface area (Å²) in [5.41, 5.74) is 2.30. The molecule has 2 unspecified atom stereocenters. The van der Waals surface area contributed by atoms with Crippen LogP contribution < -0.4 is 14.8 Å². The molecule has 1 aromatic rings. The molecular formula is C17H27NO3. The largest absolute Gasteiger partial charge is 0.494 e. The van der Waals surface area contributed by atoms with E-state index in [1.54, 1.807) is 0 Å². The molecule has 0 fully saturated rings. The number of nitrogens with one attached hydrogen (secondary N) is 1. The number of hydrogen-bond acceptors (Lipinski definition) is 4. The Balaban J connectivity index is 2.05. The molecule has 1 aromatic carbocycles. The van der Waals surface area contributed by atoms with Gasteiger partial charge in [-0.05, 0) is 31.9 Å². The number of hydrogen-bond donors (Lipinski definition) is 2. The lowest BCUT2D eigenvalue weighted by atomic mass is 10.1. The molecule has 0 spiro atoms. The van der Waals surface area contributed by atoms with E-state index in [9.17, 15) is 5.11 Å². The zero-order valence-corrected chi connectivity index (χ0v) is 13.5. The van der Waals surface area contributed by atoms with Crippen molar-refractivity contribution in [2.45, 2.75) is 52.9 Å². The van der Waals surface area contributed by atoms with Crippen molar-refractivity contribution in [3.8, 4) is 11.5 Å². The van der Waals surface area contributed by atoms with Crippen molar-refractivity contribution in [1.82, 2.24) is 5.32 Å². The molecule has 1 heterocycles. The Labute approximate surface area is 127 Å². The van der Waals surface area contributed by atoms with Crippen molar-refractivity contribution >= 4 is 0 Å². The number of benzene rings is 1. The van der Waals surface area contributed by atoms with E-state index in [1.807, 2.05) is 20.8 Å². The fourth-order valence-electron chi connectivity index (χ4n) is 2.50. The smallest absolute Gasteiger partial charge is 0.124 e. The third kappa shape index (κ3) is 4.11. The predicted octanol–water partition coefficient (Wildman–Crippen LogP) is 2.52. The first-order chi connectivity index (χ1) is 10.0. The van der Waals surface area contributed by atoms with Crippen LogP contribution >= 0.6 is 0 Å². The number of aliphatic hydroxyl groups excluding tert-OH is 1. The summed E-state index contributed by atoms with van der Waals surface area (Å²) in [7, 11) is 0. The summed E-state index contributed by atoms with van der Waals surface area (Å²) >= 11 is 0. The average Bonchev–Trinajstić information content (AvgIpc) is 2.78. The summed E-state index contributed by atoms with van der Waals surface area (Å²) in [5, 5.41) is 13.1. The highest BCUT2D eigenvalue weighted by Crippen LogP contribution is 2.35. The summed E-state index contributed by atoms with van der Waals surface area (Å²) in [5.74, 6) is 2.14. The van der Waals surface area contributed by atoms with Gasteiger partial charge in [0.2, 0.25) is 0 Å². The fraction of sp³-hybridized carbons (Fsp3) is 0.647. The summed E-state index contributed by atoms with van der Waals surface area (Å²) in [6.07, 6.45) is 0.849. The van der Waals surface area contributed by atoms with Gasteiger partial charge < -0.3 is 19.9 Å². The van der Waals surface area contributed by atoms with Gasteiger partial charge in [0.15, 0.2) is 0 Å². The maximum absolute atomic E-state index is 9.85. The van der Waals surface area contributed by atoms with Crippen LogP contribution in [0.5, 0.6) is 11.5 Å². The van der Waals surface area contributed by atoms with E-state index < -0.39 is 0 Å². The minimum Gasteiger partial charge on any atom is -0.494 e. The molecule has 118 valence electrons. The van der Waals surface area contributed by atoms with Gasteiger partial charge in [0.1, 0.15) is 17.6 Å². The Morgan fingerprint density at radius 3 is 2.86 bits per heavy atom. The lowest BCUT2D eigenvalue weighted by Crippen LogP contribution is -2.30. The van der Waals surface area contributed by atoms with Crippen molar-refractivity contribution in [2.75, 3.05) is 13.2 Å². The van der Waals surface area contributed by atoms with E-state index in [4.69, 9.17) is 9.47 Å². The monoisotopic (exact) mass is 293 g/mol. The molecule has 0 aromatic heterocycles. The van der Waals surface area contributed by atoms with Crippen LogP contribution in [0.15, 0.2) is 12.1 Å². The average molecular weight is 293 g/mol. The maximum atomic E-state index is 9.85. The van der Waals surface area contributed by atoms with E-state index in [1.165, 1.54) is 5.56 Å². The van der Waals surface area contributed by atoms with E-state index in [0.717, 1.165) is 23.5 Å². The molecule has 0 saturated heterocycles. The van der Waals surface area contributed by atoms with E-state index >= 15 is 0 Å². The number of ether oxygens (including phenoxy) is 2. The van der Waals surface area contributed by atoms with Crippen molar-refractivity contribution in [1.29, 1.82) is 0 Å². The molecule has 1 aliphatic heterocycles. The van der Waals surface area contributed by atoms with Gasteiger partial charge in [-0.2, -0.15) is 0 Å². The van der Waals surface area contributed by atoms with Crippen molar-refractivity contribution < 1.29 is 14.6 Å². The quantitative estimate of drug-likeness (QED) is 0.811. The second-order valence-corrected chi connectivity index (χ2v) is 6.08. The van der Waals surface area contributed by atoms with E-state index in [2.05, 4.69) is 24.4 Å². The van der Waals surface area contributed by atoms with Crippen molar-refractivity contribution in [2.24, 2.45) is 5.92 Å². The summed E-state index contributed by atoms with van der Waals surface area (Å²) in [6.45, 7) is 10.0. The number of rotatable bonds is 7. The minimum atomic E-state index is -0.328. The van der Waals surface area contributed by atoms with Crippen LogP contribution in [0.4, 0.5) is 0 Å². The molecule has 4 heteroatoms. The van der Waals surface area contributed by atoms with Crippen molar-refractivity contribution in [3.63, 3.8) is 0 Å². The molecule has 4 nitrogen and oxygen atoms in total. The van der Waals surface area contributed by atoms with Gasteiger partial charge in [0.25, 0.3) is 0 Å². The lowest BCUT2D eigenvalue weighted by Gasteiger charge is -2.17. The highest BCUT2D eigenvalue weighted by Gasteiger charge is 2.21. The van der Waals surface area contributed by atoms with Crippen LogP contribution in [-0.2, 0) is 13.0 Å². The first kappa shape index (κ1) is 16.1. The van der Waals surface area contributed by atoms with Gasteiger partial charge in [-0.25, -0.2) is 0 Å². The zero-order valence-electron chi connectivity index (χ0n) is 13.5. The van der Waals surface area contributed by atoms with Gasteiger partial charge in [-0.15, -0.1) is 0 Å². The van der Waals surface area contributed by atoms with Gasteiger partial charge in [0, 0.05) is 30.6 Å². The van der Waals surface area contributed by atoms with Gasteiger partial charge in [0.05, 0.1) is 12.7 Å². The van der Waals surface area contributed by atoms with Crippen LogP contribution in [0.3, 0.4) is 0 Å². The Hall–Kier alpha value is -1.26. The van der Waals surface area contributed by atoms with Gasteiger partial charge in [-0.1, -0.05) is 13.8 Å². The molecule has 0 radical (unpaired) electrons. The molecule has 0 bridgehead atoms. The Morgan fingerprint density at radius 1 is 1.43 bits per heavy atom. The molecule has 0 aliphatic carbocycles. The molecule has 0 saturated carbocycles. The first-order valence-electron chi connectivity index (χ1n) is 7.85. The van der Waals surface area contributed by atoms with Crippen LogP contribution in [0.25, 0.3) is 0 Å². The molecule has 0 amide bonds. The van der Waals surface area contributed by atoms with Crippen LogP contribution in [-0.4, -0.2) is 30.5 Å². The number of aliphatic hydroxyl groups is 1. The Morgan fingerprint density at radius 2 is 2.19 bits per heavy atom. The molecule has 2 N–H and O–H groups in total. The van der Waals surface area contributed by atoms with Gasteiger partial charge >= 0.3 is 0 Å². The maximum Gasteiger partial charge on any atom is 0.124 e. The van der Waals surface area contributed by atoms with Gasteiger partial charge in [-0.3, -0.25) is 0 Å². The zero-order chi connectivity index (χ0) is 15.4. The Bertz CT molecular complexity index is 473. The molecule has 21 heavy (non-hydrogen) atoms. The SMILES string of the molecule is CCOc1cc2c(cc1CNCC(O)C(C)C)OC(C)C2. The van der Waals surface area contributed by atoms with E-state index in [-0.39, 0.29) is 18.1 Å². The topological polar surface area (TPSA) is 50.7 Å². The Kier molecular flexibility index (Phi) is 5.48. The lowest BCUT2D eigenvalue weighted by molar-refractivity contribution is 0.123. The highest BCUT2D eigenvalue weighted by atomic mass is 16.5. The molecule has 2 atom stereocenters. The normalized spacial score (nSPS) is 18.5. The molecule has 1 aliphatic rings. The molecular weight excluding hydrogens is 266 g/mol. The second kappa shape index (κ2) is 7.14. The second-order valence-electron chi connectivity index (χ2n) is 6.08. The third-order valence-electron chi connectivity index (χ3n) is 3.82. The van der Waals surface area contributed by atoms with E-state index in [0.29, 0.717) is 19.7 Å². The van der Waals surface area contributed by atoms with Crippen molar-refractivity contribution in [3.05, 3.63) is 23.3 Å². The summed E-state index contributed by atoms with van der Waals surface area (Å²) < 4.78 is 11.6. The van der Waals surface area contributed by atoms with Crippen LogP contribution in [0.1, 0.15) is 38.8 Å². The van der Waals surface area contributed by atoms with Crippen LogP contribution in [0.2, 0.25) is 0 Å². The first-order valence-corrected chi connectivity index (χ1v) is 7.85. The third-order valence-corrected chi connectivity index (χ3v) is 3.82. The summed E-state index contributed by atoms with van der Waals surface area (Å²) in [6, 6.07) is 4.16. The molecule has 2 rings (SSSR count). The minimum absolute atomic E-state index is 0.237. The summed E-state index contributed by atoms with van der Waals surface area (Å²) in [4.78, 5) is 0. The highest BCUT2D eigenvalue weighted by molar-refractivity contribution is 5.48. The predicted molar refractivity (Wildman–Crippen MR) is 84.0 cm³/mol. The van der Waals surface area contributed by atoms with Crippen LogP contribution in [0, 0.1) is 5.92 Å². The standard InChI is InChI=1S/C17H27NO3/c1-5-20-16-7-13-6-12(4)21-17(13)8-14(16)9-18-10-15(19)11(2)3/h7-8,11-12,15,18-19H,5-6,9-10H2,1-4H3. The fourth-order valence-corrected chi connectivity index (χ4v) is 2.50.